The van der Waals surface area contributed by atoms with Crippen molar-refractivity contribution < 1.29 is 9.84 Å². The first-order chi connectivity index (χ1) is 14.3. The van der Waals surface area contributed by atoms with Crippen LogP contribution in [0.2, 0.25) is 0 Å². The number of rotatable bonds is 0. The Balaban J connectivity index is 0.00000204. The minimum Gasteiger partial charge on any atom is -0.393 e. The Kier molecular flexibility index (Phi) is 5.61. The van der Waals surface area contributed by atoms with Crippen molar-refractivity contribution in [3.05, 3.63) is 0 Å². The molecule has 0 aromatic heterocycles. The molecule has 0 aromatic rings. The first-order valence-corrected chi connectivity index (χ1v) is 13.4. The van der Waals surface area contributed by atoms with Crippen LogP contribution in [0.3, 0.4) is 0 Å². The molecule has 178 valence electrons. The molecule has 0 bridgehead atoms. The molecule has 1 unspecified atom stereocenters. The monoisotopic (exact) mass is 451 g/mol. The van der Waals surface area contributed by atoms with Crippen molar-refractivity contribution in [3.63, 3.8) is 0 Å². The summed E-state index contributed by atoms with van der Waals surface area (Å²) in [6.45, 7) is 11.3. The van der Waals surface area contributed by atoms with Crippen LogP contribution in [0.15, 0.2) is 0 Å². The van der Waals surface area contributed by atoms with Gasteiger partial charge in [0.2, 0.25) is 0 Å². The minimum absolute atomic E-state index is 0. The lowest BCUT2D eigenvalue weighted by molar-refractivity contribution is -0.140. The average molecular weight is 452 g/mol. The summed E-state index contributed by atoms with van der Waals surface area (Å²) in [5.41, 5.74) is 0.919. The van der Waals surface area contributed by atoms with Gasteiger partial charge in [0.25, 0.3) is 0 Å². The first kappa shape index (κ1) is 22.9. The van der Waals surface area contributed by atoms with Gasteiger partial charge in [0.05, 0.1) is 12.2 Å². The zero-order valence-corrected chi connectivity index (χ0v) is 21.1. The van der Waals surface area contributed by atoms with Crippen molar-refractivity contribution in [2.45, 2.75) is 110 Å². The van der Waals surface area contributed by atoms with E-state index < -0.39 is 0 Å². The number of aliphatic hydroxyl groups is 1. The molecular weight excluding hydrogens is 406 g/mol. The van der Waals surface area contributed by atoms with Gasteiger partial charge in [0.15, 0.2) is 0 Å². The summed E-state index contributed by atoms with van der Waals surface area (Å²) in [7, 11) is 0. The van der Waals surface area contributed by atoms with E-state index in [1.54, 1.807) is 0 Å². The molecule has 2 N–H and O–H groups in total. The fourth-order valence-electron chi connectivity index (χ4n) is 10.4. The second-order valence-electron chi connectivity index (χ2n) is 13.3. The van der Waals surface area contributed by atoms with Crippen LogP contribution in [-0.4, -0.2) is 29.6 Å². The van der Waals surface area contributed by atoms with Gasteiger partial charge >= 0.3 is 0 Å². The maximum absolute atomic E-state index is 10.3. The van der Waals surface area contributed by atoms with Crippen molar-refractivity contribution in [3.8, 4) is 0 Å². The maximum Gasteiger partial charge on any atom is 0.122 e. The fourth-order valence-corrected chi connectivity index (χ4v) is 10.4. The second kappa shape index (κ2) is 7.59. The van der Waals surface area contributed by atoms with Gasteiger partial charge < -0.3 is 9.84 Å². The van der Waals surface area contributed by atoms with Gasteiger partial charge in [-0.25, -0.2) is 0 Å². The van der Waals surface area contributed by atoms with Crippen LogP contribution in [0.1, 0.15) is 91.9 Å². The average Bonchev–Trinajstić information content (AvgIpc) is 3.16. The number of hydrogen-bond donors (Lipinski definition) is 2. The van der Waals surface area contributed by atoms with E-state index in [0.717, 1.165) is 54.9 Å². The predicted octanol–water partition coefficient (Wildman–Crippen LogP) is 5.79. The van der Waals surface area contributed by atoms with E-state index in [9.17, 15) is 5.11 Å². The largest absolute Gasteiger partial charge is 0.393 e. The molecule has 1 spiro atoms. The zero-order chi connectivity index (χ0) is 20.9. The van der Waals surface area contributed by atoms with E-state index in [0.29, 0.717) is 22.9 Å². The Bertz CT molecular complexity index is 693. The van der Waals surface area contributed by atoms with Gasteiger partial charge in [-0.1, -0.05) is 27.7 Å². The molecule has 3 nitrogen and oxygen atoms in total. The molecule has 6 fully saturated rings. The van der Waals surface area contributed by atoms with Gasteiger partial charge in [-0.3, -0.25) is 5.32 Å². The van der Waals surface area contributed by atoms with E-state index in [2.05, 4.69) is 33.0 Å². The quantitative estimate of drug-likeness (QED) is 0.489. The lowest BCUT2D eigenvalue weighted by Gasteiger charge is -2.61. The van der Waals surface area contributed by atoms with Gasteiger partial charge in [0.1, 0.15) is 5.72 Å². The van der Waals surface area contributed by atoms with Crippen LogP contribution in [0, 0.1) is 52.3 Å². The molecular formula is C27H46ClNO2. The van der Waals surface area contributed by atoms with E-state index in [4.69, 9.17) is 4.74 Å². The normalized spacial score (nSPS) is 60.5. The Hall–Kier alpha value is 0.170. The number of aliphatic hydroxyl groups excluding tert-OH is 1. The molecule has 6 aliphatic rings. The highest BCUT2D eigenvalue weighted by Crippen LogP contribution is 2.71. The van der Waals surface area contributed by atoms with Crippen LogP contribution in [0.5, 0.6) is 0 Å². The highest BCUT2D eigenvalue weighted by molar-refractivity contribution is 5.85. The molecule has 31 heavy (non-hydrogen) atoms. The molecule has 0 amide bonds. The van der Waals surface area contributed by atoms with Crippen LogP contribution < -0.4 is 5.32 Å². The van der Waals surface area contributed by atoms with Gasteiger partial charge in [0, 0.05) is 12.5 Å². The number of fused-ring (bicyclic) bond motifs is 7. The van der Waals surface area contributed by atoms with Gasteiger partial charge in [-0.15, -0.1) is 12.4 Å². The summed E-state index contributed by atoms with van der Waals surface area (Å²) in [4.78, 5) is 0. The number of piperidine rings is 1. The highest BCUT2D eigenvalue weighted by atomic mass is 35.5. The molecule has 0 aromatic carbocycles. The maximum atomic E-state index is 10.3. The van der Waals surface area contributed by atoms with Crippen molar-refractivity contribution in [1.29, 1.82) is 0 Å². The fraction of sp³-hybridized carbons (Fsp3) is 1.00. The van der Waals surface area contributed by atoms with Crippen molar-refractivity contribution in [2.75, 3.05) is 6.54 Å². The van der Waals surface area contributed by atoms with Crippen LogP contribution in [0.25, 0.3) is 0 Å². The van der Waals surface area contributed by atoms with E-state index in [1.165, 1.54) is 51.4 Å². The molecule has 2 saturated heterocycles. The number of ether oxygens (including phenoxy) is 1. The van der Waals surface area contributed by atoms with Crippen LogP contribution in [0.4, 0.5) is 0 Å². The third kappa shape index (κ3) is 3.08. The number of nitrogens with one attached hydrogen (secondary N) is 1. The number of halogens is 1. The lowest BCUT2D eigenvalue weighted by Crippen LogP contribution is -2.57. The van der Waals surface area contributed by atoms with Gasteiger partial charge in [-0.2, -0.15) is 0 Å². The highest BCUT2D eigenvalue weighted by Gasteiger charge is 2.68. The minimum atomic E-state index is -0.0320. The predicted molar refractivity (Wildman–Crippen MR) is 127 cm³/mol. The molecule has 12 atom stereocenters. The summed E-state index contributed by atoms with van der Waals surface area (Å²) in [5.74, 6) is 5.57. The summed E-state index contributed by atoms with van der Waals surface area (Å²) >= 11 is 0. The molecule has 6 rings (SSSR count). The topological polar surface area (TPSA) is 41.5 Å². The first-order valence-electron chi connectivity index (χ1n) is 13.4. The molecule has 4 heteroatoms. The van der Waals surface area contributed by atoms with Crippen molar-refractivity contribution in [1.82, 2.24) is 5.32 Å². The number of hydrogen-bond acceptors (Lipinski definition) is 3. The van der Waals surface area contributed by atoms with Gasteiger partial charge in [-0.05, 0) is 111 Å². The summed E-state index contributed by atoms with van der Waals surface area (Å²) < 4.78 is 7.01. The third-order valence-corrected chi connectivity index (χ3v) is 12.1. The standard InChI is InChI=1S/C27H45NO2.ClH/c1-16-7-12-27(28-15-16)17(2)24-23(30-27)14-22-20-6-5-18-13-19(29)8-10-25(18,3)21(20)9-11-26(22,24)4;/h16-24,28-29H,5-15H2,1-4H3;1H/t16?,17-,18-,19-,20+,21-,22-,23-,24-,25-,26-,27+;/m0./s1. The smallest absolute Gasteiger partial charge is 0.122 e. The molecule has 2 aliphatic heterocycles. The SMILES string of the molecule is CC1CC[C@@]2(NC1)O[C@H]1C[C@H]3[C@@H]4CC[C@H]5C[C@@H](O)CC[C@]5(C)[C@H]4CC[C@]3(C)[C@H]1[C@@H]2C.Cl. The summed E-state index contributed by atoms with van der Waals surface area (Å²) in [6.07, 6.45) is 13.2. The Morgan fingerprint density at radius 2 is 1.65 bits per heavy atom. The molecule has 2 heterocycles. The van der Waals surface area contributed by atoms with E-state index in [1.807, 2.05) is 0 Å². The van der Waals surface area contributed by atoms with Crippen LogP contribution in [-0.2, 0) is 4.74 Å². The van der Waals surface area contributed by atoms with Crippen molar-refractivity contribution in [2.24, 2.45) is 52.3 Å². The zero-order valence-electron chi connectivity index (χ0n) is 20.2. The summed E-state index contributed by atoms with van der Waals surface area (Å²) in [5, 5.41) is 14.2. The molecule has 4 saturated carbocycles. The van der Waals surface area contributed by atoms with E-state index in [-0.39, 0.29) is 24.2 Å². The van der Waals surface area contributed by atoms with Crippen molar-refractivity contribution >= 4 is 12.4 Å². The summed E-state index contributed by atoms with van der Waals surface area (Å²) in [6, 6.07) is 0. The third-order valence-electron chi connectivity index (χ3n) is 12.1. The van der Waals surface area contributed by atoms with Crippen LogP contribution >= 0.6 is 12.4 Å². The molecule has 4 aliphatic carbocycles. The Labute approximate surface area is 196 Å². The Morgan fingerprint density at radius 1 is 0.871 bits per heavy atom. The molecule has 0 radical (unpaired) electrons. The van der Waals surface area contributed by atoms with E-state index >= 15 is 0 Å². The second-order valence-corrected chi connectivity index (χ2v) is 13.3. The lowest BCUT2D eigenvalue weighted by atomic mass is 9.44. The Morgan fingerprint density at radius 3 is 2.39 bits per heavy atom.